The number of hydrogen-bond donors (Lipinski definition) is 0. The van der Waals surface area contributed by atoms with Crippen LogP contribution in [0, 0.1) is 0 Å². The highest BCUT2D eigenvalue weighted by Crippen LogP contribution is 2.55. The summed E-state index contributed by atoms with van der Waals surface area (Å²) in [5.41, 5.74) is 0.682. The van der Waals surface area contributed by atoms with Crippen LogP contribution in [0.1, 0.15) is 10.4 Å². The molecule has 156 valence electrons. The van der Waals surface area contributed by atoms with E-state index in [0.717, 1.165) is 0 Å². The van der Waals surface area contributed by atoms with E-state index in [4.69, 9.17) is 4.74 Å². The quantitative estimate of drug-likeness (QED) is 0.292. The van der Waals surface area contributed by atoms with Crippen LogP contribution in [0.5, 0.6) is 5.75 Å². The average Bonchev–Trinajstić information content (AvgIpc) is 2.84. The highest BCUT2D eigenvalue weighted by atomic mass is 79.9. The summed E-state index contributed by atoms with van der Waals surface area (Å²) in [6.45, 7) is 0. The van der Waals surface area contributed by atoms with E-state index < -0.39 is 7.26 Å². The van der Waals surface area contributed by atoms with Gasteiger partial charge in [-0.1, -0.05) is 66.7 Å². The highest BCUT2D eigenvalue weighted by molar-refractivity contribution is 7.96. The Morgan fingerprint density at radius 3 is 1.55 bits per heavy atom. The summed E-state index contributed by atoms with van der Waals surface area (Å²) in [5, 5.41) is 3.62. The number of halogens is 1. The second kappa shape index (κ2) is 10.5. The molecule has 0 amide bonds. The van der Waals surface area contributed by atoms with Crippen LogP contribution >= 0.6 is 7.26 Å². The molecule has 0 heterocycles. The van der Waals surface area contributed by atoms with Gasteiger partial charge < -0.3 is 21.7 Å². The van der Waals surface area contributed by atoms with Crippen molar-refractivity contribution in [3.05, 3.63) is 121 Å². The van der Waals surface area contributed by atoms with E-state index in [9.17, 15) is 4.79 Å². The minimum Gasteiger partial charge on any atom is -1.00 e. The molecular weight excluding hydrogens is 467 g/mol. The molecule has 0 spiro atoms. The first-order valence-corrected chi connectivity index (χ1v) is 11.9. The summed E-state index contributed by atoms with van der Waals surface area (Å²) in [7, 11) is -0.565. The molecule has 0 aliphatic rings. The first-order chi connectivity index (χ1) is 14.7. The number of hydrogen-bond acceptors (Lipinski definition) is 2. The fourth-order valence-electron chi connectivity index (χ4n) is 3.87. The lowest BCUT2D eigenvalue weighted by Gasteiger charge is -2.27. The molecular formula is C27H24BrO2P. The van der Waals surface area contributed by atoms with Crippen molar-refractivity contribution in [2.45, 2.75) is 0 Å². The van der Waals surface area contributed by atoms with Crippen LogP contribution in [0.3, 0.4) is 0 Å². The molecule has 4 rings (SSSR count). The van der Waals surface area contributed by atoms with Crippen molar-refractivity contribution in [3.8, 4) is 5.75 Å². The van der Waals surface area contributed by atoms with E-state index >= 15 is 0 Å². The number of benzene rings is 4. The average molecular weight is 491 g/mol. The van der Waals surface area contributed by atoms with Gasteiger partial charge in [-0.15, -0.1) is 0 Å². The number of Topliss-reactive ketones (excluding diaryl/α,β-unsaturated/α-hetero) is 1. The molecule has 4 aromatic rings. The van der Waals surface area contributed by atoms with E-state index in [0.29, 0.717) is 17.5 Å². The zero-order chi connectivity index (χ0) is 20.8. The molecule has 0 aliphatic heterocycles. The molecule has 31 heavy (non-hydrogen) atoms. The van der Waals surface area contributed by atoms with E-state index in [2.05, 4.69) is 72.8 Å². The molecule has 0 aliphatic carbocycles. The van der Waals surface area contributed by atoms with Crippen LogP contribution in [0.15, 0.2) is 115 Å². The minimum absolute atomic E-state index is 0. The second-order valence-electron chi connectivity index (χ2n) is 7.13. The maximum Gasteiger partial charge on any atom is 0.201 e. The molecule has 0 saturated heterocycles. The Morgan fingerprint density at radius 2 is 1.13 bits per heavy atom. The number of ether oxygens (including phenoxy) is 1. The number of methoxy groups -OCH3 is 1. The highest BCUT2D eigenvalue weighted by Gasteiger charge is 2.47. The van der Waals surface area contributed by atoms with Crippen LogP contribution in [0.2, 0.25) is 0 Å². The van der Waals surface area contributed by atoms with Gasteiger partial charge in [0, 0.05) is 5.56 Å². The van der Waals surface area contributed by atoms with Gasteiger partial charge in [-0.3, -0.25) is 4.79 Å². The van der Waals surface area contributed by atoms with Gasteiger partial charge in [-0.2, -0.15) is 0 Å². The van der Waals surface area contributed by atoms with Crippen molar-refractivity contribution in [2.24, 2.45) is 0 Å². The SMILES string of the molecule is COc1cccc(C(=O)C[P+](c2ccccc2)(c2ccccc2)c2ccccc2)c1.[Br-]. The van der Waals surface area contributed by atoms with E-state index in [1.54, 1.807) is 7.11 Å². The molecule has 0 atom stereocenters. The second-order valence-corrected chi connectivity index (χ2v) is 10.6. The molecule has 0 N–H and O–H groups in total. The van der Waals surface area contributed by atoms with Crippen molar-refractivity contribution in [3.63, 3.8) is 0 Å². The zero-order valence-corrected chi connectivity index (χ0v) is 19.8. The maximum absolute atomic E-state index is 13.6. The standard InChI is InChI=1S/C27H24O2P.BrH/c1-29-23-13-11-12-22(20-23)27(28)21-30(24-14-5-2-6-15-24,25-16-7-3-8-17-25)26-18-9-4-10-19-26;/h2-20H,21H2,1H3;1H/q+1;/p-1. The number of rotatable bonds is 7. The molecule has 0 aromatic heterocycles. The van der Waals surface area contributed by atoms with Crippen molar-refractivity contribution >= 4 is 29.0 Å². The van der Waals surface area contributed by atoms with Crippen molar-refractivity contribution in [2.75, 3.05) is 13.3 Å². The Bertz CT molecular complexity index is 1020. The number of carbonyl (C=O) groups is 1. The molecule has 0 saturated carbocycles. The van der Waals surface area contributed by atoms with Gasteiger partial charge in [0.15, 0.2) is 0 Å². The summed E-state index contributed by atoms with van der Waals surface area (Å²) >= 11 is 0. The molecule has 2 nitrogen and oxygen atoms in total. The fraction of sp³-hybridized carbons (Fsp3) is 0.0741. The maximum atomic E-state index is 13.6. The topological polar surface area (TPSA) is 26.3 Å². The van der Waals surface area contributed by atoms with Crippen LogP contribution < -0.4 is 37.6 Å². The zero-order valence-electron chi connectivity index (χ0n) is 17.3. The monoisotopic (exact) mass is 490 g/mol. The fourth-order valence-corrected chi connectivity index (χ4v) is 7.97. The van der Waals surface area contributed by atoms with Crippen molar-refractivity contribution in [1.82, 2.24) is 0 Å². The third-order valence-electron chi connectivity index (χ3n) is 5.36. The third-order valence-corrected chi connectivity index (χ3v) is 9.66. The van der Waals surface area contributed by atoms with Crippen LogP contribution in [-0.4, -0.2) is 19.1 Å². The van der Waals surface area contributed by atoms with Gasteiger partial charge in [-0.05, 0) is 48.5 Å². The molecule has 4 heteroatoms. The normalized spacial score (nSPS) is 10.7. The summed E-state index contributed by atoms with van der Waals surface area (Å²) in [4.78, 5) is 13.6. The predicted molar refractivity (Wildman–Crippen MR) is 127 cm³/mol. The summed E-state index contributed by atoms with van der Waals surface area (Å²) in [6.07, 6.45) is 0.429. The van der Waals surface area contributed by atoms with Gasteiger partial charge >= 0.3 is 0 Å². The lowest BCUT2D eigenvalue weighted by atomic mass is 10.1. The first-order valence-electron chi connectivity index (χ1n) is 9.96. The van der Waals surface area contributed by atoms with Crippen molar-refractivity contribution < 1.29 is 26.5 Å². The summed E-state index contributed by atoms with van der Waals surface area (Å²) in [6, 6.07) is 38.9. The molecule has 4 aromatic carbocycles. The summed E-state index contributed by atoms with van der Waals surface area (Å²) < 4.78 is 5.35. The van der Waals surface area contributed by atoms with Gasteiger partial charge in [0.05, 0.1) is 7.11 Å². The Labute approximate surface area is 195 Å². The van der Waals surface area contributed by atoms with Gasteiger partial charge in [0.25, 0.3) is 0 Å². The van der Waals surface area contributed by atoms with Gasteiger partial charge in [0.2, 0.25) is 5.78 Å². The number of carbonyl (C=O) groups excluding carboxylic acids is 1. The van der Waals surface area contributed by atoms with Crippen LogP contribution in [0.4, 0.5) is 0 Å². The van der Waals surface area contributed by atoms with E-state index in [-0.39, 0.29) is 22.8 Å². The largest absolute Gasteiger partial charge is 1.00 e. The Hall–Kier alpha value is -2.74. The van der Waals surface area contributed by atoms with Crippen molar-refractivity contribution in [1.29, 1.82) is 0 Å². The Kier molecular flexibility index (Phi) is 7.79. The minimum atomic E-state index is -2.19. The molecule has 0 unspecified atom stereocenters. The molecule has 0 fully saturated rings. The third kappa shape index (κ3) is 4.79. The predicted octanol–water partition coefficient (Wildman–Crippen LogP) is 1.88. The van der Waals surface area contributed by atoms with Crippen LogP contribution in [0.25, 0.3) is 0 Å². The lowest BCUT2D eigenvalue weighted by molar-refractivity contribution is -0.0000139. The first kappa shape index (κ1) is 22.9. The molecule has 0 bridgehead atoms. The smallest absolute Gasteiger partial charge is 0.201 e. The van der Waals surface area contributed by atoms with Gasteiger partial charge in [0.1, 0.15) is 35.1 Å². The Morgan fingerprint density at radius 1 is 0.677 bits per heavy atom. The molecule has 0 radical (unpaired) electrons. The van der Waals surface area contributed by atoms with Gasteiger partial charge in [-0.25, -0.2) is 0 Å². The Balaban J connectivity index is 0.00000272. The van der Waals surface area contributed by atoms with E-state index in [1.807, 2.05) is 42.5 Å². The lowest BCUT2D eigenvalue weighted by Crippen LogP contribution is -3.00. The van der Waals surface area contributed by atoms with E-state index in [1.165, 1.54) is 15.9 Å². The number of ketones is 1. The van der Waals surface area contributed by atoms with Crippen LogP contribution in [-0.2, 0) is 0 Å². The summed E-state index contributed by atoms with van der Waals surface area (Å²) in [5.74, 6) is 0.822.